The first kappa shape index (κ1) is 16.4. The van der Waals surface area contributed by atoms with Crippen molar-refractivity contribution in [1.29, 1.82) is 0 Å². The Morgan fingerprint density at radius 3 is 2.58 bits per heavy atom. The molecule has 1 aromatic heterocycles. The van der Waals surface area contributed by atoms with E-state index in [0.29, 0.717) is 5.82 Å². The van der Waals surface area contributed by atoms with E-state index < -0.39 is 11.7 Å². The number of halogens is 1. The molecule has 1 unspecified atom stereocenters. The van der Waals surface area contributed by atoms with Gasteiger partial charge in [0.05, 0.1) is 6.54 Å². The summed E-state index contributed by atoms with van der Waals surface area (Å²) in [6, 6.07) is 5.54. The maximum atomic E-state index is 13.2. The Morgan fingerprint density at radius 2 is 1.96 bits per heavy atom. The van der Waals surface area contributed by atoms with Gasteiger partial charge in [-0.25, -0.2) is 14.3 Å². The van der Waals surface area contributed by atoms with Crippen LogP contribution in [0.2, 0.25) is 0 Å². The van der Waals surface area contributed by atoms with E-state index in [1.54, 1.807) is 12.1 Å². The molecule has 1 amide bonds. The lowest BCUT2D eigenvalue weighted by molar-refractivity contribution is -0.127. The van der Waals surface area contributed by atoms with Gasteiger partial charge in [0.25, 0.3) is 0 Å². The number of aromatic nitrogens is 3. The van der Waals surface area contributed by atoms with E-state index in [1.807, 2.05) is 0 Å². The van der Waals surface area contributed by atoms with Crippen molar-refractivity contribution in [3.8, 4) is 0 Å². The molecule has 0 bridgehead atoms. The third kappa shape index (κ3) is 3.88. The van der Waals surface area contributed by atoms with Crippen molar-refractivity contribution in [3.63, 3.8) is 0 Å². The van der Waals surface area contributed by atoms with E-state index in [2.05, 4.69) is 25.4 Å². The van der Waals surface area contributed by atoms with Crippen LogP contribution in [0.4, 0.5) is 4.39 Å². The van der Waals surface area contributed by atoms with Gasteiger partial charge in [0.15, 0.2) is 0 Å². The summed E-state index contributed by atoms with van der Waals surface area (Å²) in [6.45, 7) is 1.78. The van der Waals surface area contributed by atoms with Crippen molar-refractivity contribution >= 4 is 5.91 Å². The monoisotopic (exact) mass is 333 g/mol. The average Bonchev–Trinajstić information content (AvgIpc) is 3.01. The lowest BCUT2D eigenvalue weighted by Crippen LogP contribution is -2.42. The topological polar surface area (TPSA) is 93.9 Å². The van der Waals surface area contributed by atoms with Crippen LogP contribution in [0.5, 0.6) is 0 Å². The van der Waals surface area contributed by atoms with E-state index in [-0.39, 0.29) is 18.3 Å². The fourth-order valence-electron chi connectivity index (χ4n) is 3.01. The highest BCUT2D eigenvalue weighted by molar-refractivity contribution is 5.83. The molecule has 1 atom stereocenters. The number of rotatable bonds is 5. The van der Waals surface area contributed by atoms with Gasteiger partial charge >= 0.3 is 5.69 Å². The van der Waals surface area contributed by atoms with E-state index >= 15 is 0 Å². The second-order valence-corrected chi connectivity index (χ2v) is 5.89. The lowest BCUT2D eigenvalue weighted by atomic mass is 10.0. The molecule has 0 spiro atoms. The van der Waals surface area contributed by atoms with Crippen LogP contribution in [0.3, 0.4) is 0 Å². The minimum Gasteiger partial charge on any atom is -0.347 e. The van der Waals surface area contributed by atoms with Crippen LogP contribution in [-0.4, -0.2) is 39.1 Å². The smallest absolute Gasteiger partial charge is 0.340 e. The number of H-pyrrole nitrogens is 2. The molecular weight excluding hydrogens is 313 g/mol. The maximum Gasteiger partial charge on any atom is 0.340 e. The van der Waals surface area contributed by atoms with Gasteiger partial charge in [0.2, 0.25) is 5.91 Å². The first-order chi connectivity index (χ1) is 11.6. The van der Waals surface area contributed by atoms with Crippen LogP contribution in [-0.2, 0) is 11.3 Å². The van der Waals surface area contributed by atoms with Gasteiger partial charge in [0, 0.05) is 0 Å². The standard InChI is InChI=1S/C16H20FN5O2/c17-12-6-4-11(5-7-12)14(22-8-2-1-3-9-22)15(23)18-10-13-19-16(24)21-20-13/h4-7,14H,1-3,8-10H2,(H,18,23)(H2,19,20,21,24). The molecule has 1 aromatic carbocycles. The predicted molar refractivity (Wildman–Crippen MR) is 85.6 cm³/mol. The minimum absolute atomic E-state index is 0.128. The predicted octanol–water partition coefficient (Wildman–Crippen LogP) is 1.08. The van der Waals surface area contributed by atoms with E-state index in [1.165, 1.54) is 12.1 Å². The summed E-state index contributed by atoms with van der Waals surface area (Å²) in [5.74, 6) is -0.150. The molecule has 0 radical (unpaired) electrons. The third-order valence-corrected chi connectivity index (χ3v) is 4.17. The minimum atomic E-state index is -0.475. The molecule has 3 N–H and O–H groups in total. The Kier molecular flexibility index (Phi) is 5.05. The number of nitrogens with one attached hydrogen (secondary N) is 3. The van der Waals surface area contributed by atoms with Crippen molar-refractivity contribution in [2.24, 2.45) is 0 Å². The number of likely N-dealkylation sites (tertiary alicyclic amines) is 1. The van der Waals surface area contributed by atoms with Crippen LogP contribution < -0.4 is 11.0 Å². The number of carbonyl (C=O) groups excluding carboxylic acids is 1. The Balaban J connectivity index is 1.76. The summed E-state index contributed by atoms with van der Waals surface area (Å²) in [4.78, 5) is 28.4. The van der Waals surface area contributed by atoms with Crippen molar-refractivity contribution in [3.05, 3.63) is 52.0 Å². The molecule has 3 rings (SSSR count). The fourth-order valence-corrected chi connectivity index (χ4v) is 3.01. The number of hydrogen-bond donors (Lipinski definition) is 3. The molecule has 7 nitrogen and oxygen atoms in total. The highest BCUT2D eigenvalue weighted by atomic mass is 19.1. The number of carbonyl (C=O) groups is 1. The summed E-state index contributed by atoms with van der Waals surface area (Å²) in [5.41, 5.74) is 0.344. The quantitative estimate of drug-likeness (QED) is 0.763. The highest BCUT2D eigenvalue weighted by Gasteiger charge is 2.28. The number of piperidine rings is 1. The van der Waals surface area contributed by atoms with Crippen LogP contribution in [0, 0.1) is 5.82 Å². The van der Waals surface area contributed by atoms with Crippen LogP contribution in [0.1, 0.15) is 36.7 Å². The largest absolute Gasteiger partial charge is 0.347 e. The molecule has 1 fully saturated rings. The summed E-state index contributed by atoms with van der Waals surface area (Å²) in [7, 11) is 0. The van der Waals surface area contributed by atoms with Gasteiger partial charge in [0.1, 0.15) is 17.7 Å². The van der Waals surface area contributed by atoms with Gasteiger partial charge in [-0.05, 0) is 43.6 Å². The van der Waals surface area contributed by atoms with Crippen LogP contribution in [0.25, 0.3) is 0 Å². The zero-order valence-corrected chi connectivity index (χ0v) is 13.2. The lowest BCUT2D eigenvalue weighted by Gasteiger charge is -2.33. The molecule has 1 aliphatic heterocycles. The number of hydrogen-bond acceptors (Lipinski definition) is 4. The Labute approximate surface area is 138 Å². The second kappa shape index (κ2) is 7.39. The first-order valence-corrected chi connectivity index (χ1v) is 8.04. The second-order valence-electron chi connectivity index (χ2n) is 5.89. The molecule has 1 saturated heterocycles. The molecule has 24 heavy (non-hydrogen) atoms. The normalized spacial score (nSPS) is 16.7. The fraction of sp³-hybridized carbons (Fsp3) is 0.438. The van der Waals surface area contributed by atoms with Crippen molar-refractivity contribution < 1.29 is 9.18 Å². The van der Waals surface area contributed by atoms with Crippen LogP contribution >= 0.6 is 0 Å². The van der Waals surface area contributed by atoms with Crippen molar-refractivity contribution in [2.75, 3.05) is 13.1 Å². The number of benzene rings is 1. The maximum absolute atomic E-state index is 13.2. The Morgan fingerprint density at radius 1 is 1.25 bits per heavy atom. The summed E-state index contributed by atoms with van der Waals surface area (Å²) in [6.07, 6.45) is 3.23. The number of nitrogens with zero attached hydrogens (tertiary/aromatic N) is 2. The van der Waals surface area contributed by atoms with Gasteiger partial charge < -0.3 is 5.32 Å². The summed E-state index contributed by atoms with van der Waals surface area (Å²) in [5, 5.41) is 8.83. The van der Waals surface area contributed by atoms with E-state index in [0.717, 1.165) is 37.9 Å². The van der Waals surface area contributed by atoms with Gasteiger partial charge in [-0.1, -0.05) is 18.6 Å². The number of amides is 1. The molecule has 8 heteroatoms. The molecule has 128 valence electrons. The van der Waals surface area contributed by atoms with Crippen molar-refractivity contribution in [1.82, 2.24) is 25.4 Å². The molecular formula is C16H20FN5O2. The van der Waals surface area contributed by atoms with E-state index in [9.17, 15) is 14.0 Å². The van der Waals surface area contributed by atoms with Gasteiger partial charge in [-0.15, -0.1) is 0 Å². The SMILES string of the molecule is O=C(NCc1n[nH]c(=O)[nH]1)C(c1ccc(F)cc1)N1CCCCC1. The van der Waals surface area contributed by atoms with E-state index in [4.69, 9.17) is 0 Å². The van der Waals surface area contributed by atoms with Gasteiger partial charge in [-0.2, -0.15) is 5.10 Å². The average molecular weight is 333 g/mol. The molecule has 0 saturated carbocycles. The third-order valence-electron chi connectivity index (χ3n) is 4.17. The Bertz CT molecular complexity index is 733. The molecule has 0 aliphatic carbocycles. The molecule has 2 heterocycles. The number of aromatic amines is 2. The van der Waals surface area contributed by atoms with Crippen molar-refractivity contribution in [2.45, 2.75) is 31.8 Å². The zero-order valence-electron chi connectivity index (χ0n) is 13.2. The zero-order chi connectivity index (χ0) is 16.9. The molecule has 2 aromatic rings. The first-order valence-electron chi connectivity index (χ1n) is 8.04. The summed E-state index contributed by atoms with van der Waals surface area (Å²) < 4.78 is 13.2. The summed E-state index contributed by atoms with van der Waals surface area (Å²) >= 11 is 0. The van der Waals surface area contributed by atoms with Gasteiger partial charge in [-0.3, -0.25) is 14.7 Å². The highest BCUT2D eigenvalue weighted by Crippen LogP contribution is 2.25. The van der Waals surface area contributed by atoms with Crippen LogP contribution in [0.15, 0.2) is 29.1 Å². The molecule has 1 aliphatic rings. The Hall–Kier alpha value is -2.48.